The molecular weight excluding hydrogens is 300 g/mol. The van der Waals surface area contributed by atoms with E-state index in [0.29, 0.717) is 0 Å². The average Bonchev–Trinajstić information content (AvgIpc) is 2.52. The van der Waals surface area contributed by atoms with E-state index in [4.69, 9.17) is 5.73 Å². The summed E-state index contributed by atoms with van der Waals surface area (Å²) in [4.78, 5) is 3.49. The molecule has 4 heteroatoms. The first-order valence-corrected chi connectivity index (χ1v) is 6.60. The summed E-state index contributed by atoms with van der Waals surface area (Å²) in [5.74, 6) is 0. The third kappa shape index (κ3) is 2.24. The summed E-state index contributed by atoms with van der Waals surface area (Å²) in [6.07, 6.45) is 4.74. The van der Waals surface area contributed by atoms with Gasteiger partial charge in [-0.2, -0.15) is 0 Å². The Morgan fingerprint density at radius 1 is 1.29 bits per heavy atom. The van der Waals surface area contributed by atoms with Gasteiger partial charge >= 0.3 is 0 Å². The number of hydrogen-bond acceptors (Lipinski definition) is 1. The molecule has 17 heavy (non-hydrogen) atoms. The third-order valence-electron chi connectivity index (χ3n) is 3.46. The predicted octanol–water partition coefficient (Wildman–Crippen LogP) is 4.08. The number of aromatic amines is 1. The number of H-pyrrole nitrogens is 1. The Labute approximate surface area is 116 Å². The number of nitrogens with two attached hydrogens (primary N) is 1. The van der Waals surface area contributed by atoms with Crippen molar-refractivity contribution in [2.75, 3.05) is 0 Å². The number of benzene rings is 1. The van der Waals surface area contributed by atoms with E-state index in [1.54, 1.807) is 0 Å². The first kappa shape index (κ1) is 12.9. The number of nitrogens with one attached hydrogen (secondary N) is 1. The van der Waals surface area contributed by atoms with Gasteiger partial charge in [0.05, 0.1) is 0 Å². The van der Waals surface area contributed by atoms with Crippen LogP contribution in [0.1, 0.15) is 36.6 Å². The average molecular weight is 316 g/mol. The van der Waals surface area contributed by atoms with Crippen LogP contribution in [0.3, 0.4) is 0 Å². The maximum Gasteiger partial charge on any atom is 0.0460 e. The Kier molecular flexibility index (Phi) is 3.81. The second-order valence-electron chi connectivity index (χ2n) is 4.56. The van der Waals surface area contributed by atoms with Crippen molar-refractivity contribution in [3.8, 4) is 0 Å². The Morgan fingerprint density at radius 2 is 2.12 bits per heavy atom. The number of rotatable bonds is 0. The van der Waals surface area contributed by atoms with Gasteiger partial charge in [-0.05, 0) is 43.0 Å². The van der Waals surface area contributed by atoms with Gasteiger partial charge in [0.25, 0.3) is 0 Å². The molecule has 0 bridgehead atoms. The fourth-order valence-corrected chi connectivity index (χ4v) is 3.00. The first-order valence-electron chi connectivity index (χ1n) is 5.81. The maximum atomic E-state index is 6.21. The highest BCUT2D eigenvalue weighted by molar-refractivity contribution is 9.10. The maximum absolute atomic E-state index is 6.21. The second kappa shape index (κ2) is 5.01. The fourth-order valence-electron chi connectivity index (χ4n) is 2.64. The zero-order chi connectivity index (χ0) is 11.1. The molecule has 1 unspecified atom stereocenters. The molecule has 2 aromatic rings. The van der Waals surface area contributed by atoms with Gasteiger partial charge in [0, 0.05) is 27.1 Å². The van der Waals surface area contributed by atoms with Gasteiger partial charge < -0.3 is 10.7 Å². The topological polar surface area (TPSA) is 41.8 Å². The summed E-state index contributed by atoms with van der Waals surface area (Å²) in [5, 5.41) is 1.33. The number of fused-ring (bicyclic) bond motifs is 3. The van der Waals surface area contributed by atoms with Crippen molar-refractivity contribution in [1.29, 1.82) is 0 Å². The van der Waals surface area contributed by atoms with E-state index < -0.39 is 0 Å². The molecule has 3 rings (SSSR count). The summed E-state index contributed by atoms with van der Waals surface area (Å²) in [6, 6.07) is 6.58. The number of aryl methyl sites for hydroxylation is 1. The van der Waals surface area contributed by atoms with Gasteiger partial charge in [-0.15, -0.1) is 12.4 Å². The number of aromatic nitrogens is 1. The highest BCUT2D eigenvalue weighted by atomic mass is 79.9. The molecule has 3 N–H and O–H groups in total. The molecule has 0 fully saturated rings. The fraction of sp³-hybridized carbons (Fsp3) is 0.385. The van der Waals surface area contributed by atoms with Gasteiger partial charge in [0.15, 0.2) is 0 Å². The monoisotopic (exact) mass is 314 g/mol. The van der Waals surface area contributed by atoms with Crippen LogP contribution in [0, 0.1) is 0 Å². The van der Waals surface area contributed by atoms with Gasteiger partial charge in [-0.25, -0.2) is 0 Å². The first-order chi connectivity index (χ1) is 7.75. The van der Waals surface area contributed by atoms with Crippen LogP contribution < -0.4 is 5.73 Å². The minimum absolute atomic E-state index is 0. The molecule has 0 aliphatic heterocycles. The van der Waals surface area contributed by atoms with Gasteiger partial charge in [-0.1, -0.05) is 22.4 Å². The van der Waals surface area contributed by atoms with Crippen molar-refractivity contribution in [3.63, 3.8) is 0 Å². The van der Waals surface area contributed by atoms with Crippen LogP contribution in [0.15, 0.2) is 22.7 Å². The van der Waals surface area contributed by atoms with Gasteiger partial charge in [0.2, 0.25) is 0 Å². The number of halogens is 2. The van der Waals surface area contributed by atoms with Crippen molar-refractivity contribution in [3.05, 3.63) is 33.9 Å². The van der Waals surface area contributed by atoms with Crippen molar-refractivity contribution in [2.24, 2.45) is 5.73 Å². The molecule has 1 aromatic carbocycles. The molecule has 1 atom stereocenters. The van der Waals surface area contributed by atoms with Crippen LogP contribution in [-0.2, 0) is 6.42 Å². The SMILES string of the molecule is Cl.NC1CCCCc2c1[nH]c1ccc(Br)cc21. The molecule has 0 amide bonds. The second-order valence-corrected chi connectivity index (χ2v) is 5.48. The molecule has 0 spiro atoms. The highest BCUT2D eigenvalue weighted by Crippen LogP contribution is 2.33. The van der Waals surface area contributed by atoms with Crippen LogP contribution in [0.2, 0.25) is 0 Å². The van der Waals surface area contributed by atoms with E-state index in [1.165, 1.54) is 35.0 Å². The zero-order valence-corrected chi connectivity index (χ0v) is 11.9. The molecule has 1 aliphatic rings. The summed E-state index contributed by atoms with van der Waals surface area (Å²) < 4.78 is 1.14. The van der Waals surface area contributed by atoms with Crippen LogP contribution >= 0.6 is 28.3 Å². The lowest BCUT2D eigenvalue weighted by Crippen LogP contribution is -2.10. The molecule has 92 valence electrons. The van der Waals surface area contributed by atoms with Crippen molar-refractivity contribution in [2.45, 2.75) is 31.7 Å². The Morgan fingerprint density at radius 3 is 2.94 bits per heavy atom. The Hall–Kier alpha value is -0.510. The minimum atomic E-state index is 0. The lowest BCUT2D eigenvalue weighted by Gasteiger charge is -2.07. The van der Waals surface area contributed by atoms with Crippen molar-refractivity contribution < 1.29 is 0 Å². The number of hydrogen-bond donors (Lipinski definition) is 2. The van der Waals surface area contributed by atoms with Crippen LogP contribution in [0.5, 0.6) is 0 Å². The third-order valence-corrected chi connectivity index (χ3v) is 3.96. The normalized spacial score (nSPS) is 19.5. The van der Waals surface area contributed by atoms with E-state index in [2.05, 4.69) is 39.1 Å². The van der Waals surface area contributed by atoms with E-state index >= 15 is 0 Å². The highest BCUT2D eigenvalue weighted by Gasteiger charge is 2.19. The lowest BCUT2D eigenvalue weighted by atomic mass is 10.1. The zero-order valence-electron chi connectivity index (χ0n) is 9.50. The summed E-state index contributed by atoms with van der Waals surface area (Å²) in [5.41, 5.74) is 10.1. The van der Waals surface area contributed by atoms with Crippen molar-refractivity contribution in [1.82, 2.24) is 4.98 Å². The quantitative estimate of drug-likeness (QED) is 0.707. The Bertz CT molecular complexity index is 535. The molecule has 1 aromatic heterocycles. The predicted molar refractivity (Wildman–Crippen MR) is 77.7 cm³/mol. The van der Waals surface area contributed by atoms with E-state index in [0.717, 1.165) is 17.3 Å². The molecule has 0 saturated carbocycles. The van der Waals surface area contributed by atoms with E-state index in [9.17, 15) is 0 Å². The van der Waals surface area contributed by atoms with Crippen LogP contribution in [0.4, 0.5) is 0 Å². The summed E-state index contributed by atoms with van der Waals surface area (Å²) in [7, 11) is 0. The minimum Gasteiger partial charge on any atom is -0.357 e. The van der Waals surface area contributed by atoms with E-state index in [1.807, 2.05) is 0 Å². The molecular formula is C13H16BrClN2. The smallest absolute Gasteiger partial charge is 0.0460 e. The van der Waals surface area contributed by atoms with Gasteiger partial charge in [0.1, 0.15) is 0 Å². The summed E-state index contributed by atoms with van der Waals surface area (Å²) >= 11 is 3.53. The lowest BCUT2D eigenvalue weighted by molar-refractivity contribution is 0.606. The van der Waals surface area contributed by atoms with Crippen molar-refractivity contribution >= 4 is 39.2 Å². The van der Waals surface area contributed by atoms with Gasteiger partial charge in [-0.3, -0.25) is 0 Å². The Balaban J connectivity index is 0.00000108. The molecule has 0 radical (unpaired) electrons. The van der Waals surface area contributed by atoms with Crippen LogP contribution in [-0.4, -0.2) is 4.98 Å². The standard InChI is InChI=1S/C13H15BrN2.ClH/c14-8-5-6-12-10(7-8)9-3-1-2-4-11(15)13(9)16-12;/h5-7,11,16H,1-4,15H2;1H. The molecule has 2 nitrogen and oxygen atoms in total. The molecule has 1 aliphatic carbocycles. The largest absolute Gasteiger partial charge is 0.357 e. The van der Waals surface area contributed by atoms with Crippen LogP contribution in [0.25, 0.3) is 10.9 Å². The molecule has 0 saturated heterocycles. The van der Waals surface area contributed by atoms with E-state index in [-0.39, 0.29) is 18.4 Å². The summed E-state index contributed by atoms with van der Waals surface area (Å²) in [6.45, 7) is 0. The molecule has 1 heterocycles.